The maximum atomic E-state index is 4.85. The van der Waals surface area contributed by atoms with Crippen molar-refractivity contribution in [2.75, 3.05) is 0 Å². The fraction of sp³-hybridized carbons (Fsp3) is 0.250. The summed E-state index contributed by atoms with van der Waals surface area (Å²) in [5.41, 5.74) is 2.53. The lowest BCUT2D eigenvalue weighted by Gasteiger charge is -2.29. The summed E-state index contributed by atoms with van der Waals surface area (Å²) >= 11 is 4.85. The van der Waals surface area contributed by atoms with E-state index >= 15 is 0 Å². The topological polar surface area (TPSA) is 0 Å². The Hall–Kier alpha value is -1.21. The highest BCUT2D eigenvalue weighted by Crippen LogP contribution is 2.38. The average Bonchev–Trinajstić information content (AvgIpc) is 2.31. The van der Waals surface area contributed by atoms with Crippen molar-refractivity contribution in [3.63, 3.8) is 0 Å². The minimum absolute atomic E-state index is 0.205. The quantitative estimate of drug-likeness (QED) is 0.522. The minimum Gasteiger partial charge on any atom is -0.167 e. The van der Waals surface area contributed by atoms with Crippen molar-refractivity contribution in [1.82, 2.24) is 0 Å². The van der Waals surface area contributed by atoms with Crippen LogP contribution >= 0.6 is 12.6 Å². The van der Waals surface area contributed by atoms with E-state index in [9.17, 15) is 0 Å². The molecule has 0 heterocycles. The summed E-state index contributed by atoms with van der Waals surface area (Å²) < 4.78 is -0.205. The first kappa shape index (κ1) is 13.9. The Morgan fingerprint density at radius 1 is 1.00 bits per heavy atom. The van der Waals surface area contributed by atoms with E-state index in [0.29, 0.717) is 0 Å². The number of allylic oxidation sites excluding steroid dienone is 3. The highest BCUT2D eigenvalue weighted by atomic mass is 32.1. The van der Waals surface area contributed by atoms with Crippen molar-refractivity contribution in [2.45, 2.75) is 24.0 Å². The van der Waals surface area contributed by atoms with Gasteiger partial charge in [-0.1, -0.05) is 42.5 Å². The van der Waals surface area contributed by atoms with Crippen LogP contribution in [0.25, 0.3) is 0 Å². The number of rotatable bonds is 7. The Balaban J connectivity index is 3.20. The van der Waals surface area contributed by atoms with E-state index in [1.165, 1.54) is 11.1 Å². The van der Waals surface area contributed by atoms with E-state index in [0.717, 1.165) is 19.3 Å². The molecule has 1 aromatic carbocycles. The number of hydrogen-bond acceptors (Lipinski definition) is 1. The molecule has 0 bridgehead atoms. The van der Waals surface area contributed by atoms with Crippen LogP contribution in [0.1, 0.15) is 24.0 Å². The number of benzene rings is 1. The molecular formula is C16H20S. The normalized spacial score (nSPS) is 10.9. The smallest absolute Gasteiger partial charge is 0.0449 e. The minimum atomic E-state index is -0.205. The maximum absolute atomic E-state index is 4.85. The summed E-state index contributed by atoms with van der Waals surface area (Å²) in [6, 6.07) is 8.38. The van der Waals surface area contributed by atoms with Crippen LogP contribution in [0.15, 0.2) is 62.2 Å². The van der Waals surface area contributed by atoms with Gasteiger partial charge in [0, 0.05) is 4.75 Å². The molecule has 1 rings (SSSR count). The molecule has 0 N–H and O–H groups in total. The van der Waals surface area contributed by atoms with Gasteiger partial charge in [-0.2, -0.15) is 12.6 Å². The SMILES string of the molecule is C=CCc1ccccc1C(S)(CC=C)CC=C. The van der Waals surface area contributed by atoms with Gasteiger partial charge in [-0.15, -0.1) is 19.7 Å². The van der Waals surface area contributed by atoms with Crippen LogP contribution in [0.3, 0.4) is 0 Å². The molecule has 0 aromatic heterocycles. The fourth-order valence-corrected chi connectivity index (χ4v) is 2.56. The molecule has 0 spiro atoms. The van der Waals surface area contributed by atoms with E-state index in [2.05, 4.69) is 44.0 Å². The van der Waals surface area contributed by atoms with Crippen molar-refractivity contribution in [1.29, 1.82) is 0 Å². The van der Waals surface area contributed by atoms with Crippen LogP contribution in [0.2, 0.25) is 0 Å². The van der Waals surface area contributed by atoms with Crippen LogP contribution < -0.4 is 0 Å². The van der Waals surface area contributed by atoms with Crippen LogP contribution in [-0.2, 0) is 11.2 Å². The highest BCUT2D eigenvalue weighted by Gasteiger charge is 2.26. The Labute approximate surface area is 110 Å². The third kappa shape index (κ3) is 3.37. The van der Waals surface area contributed by atoms with Crippen molar-refractivity contribution in [2.24, 2.45) is 0 Å². The zero-order valence-corrected chi connectivity index (χ0v) is 11.1. The fourth-order valence-electron chi connectivity index (χ4n) is 2.09. The largest absolute Gasteiger partial charge is 0.167 e. The molecule has 0 nitrogen and oxygen atoms in total. The van der Waals surface area contributed by atoms with E-state index in [1.807, 2.05) is 18.2 Å². The average molecular weight is 244 g/mol. The Morgan fingerprint density at radius 3 is 2.12 bits per heavy atom. The molecule has 0 saturated carbocycles. The van der Waals surface area contributed by atoms with Crippen LogP contribution in [0.5, 0.6) is 0 Å². The number of hydrogen-bond donors (Lipinski definition) is 1. The van der Waals surface area contributed by atoms with Gasteiger partial charge >= 0.3 is 0 Å². The van der Waals surface area contributed by atoms with Gasteiger partial charge in [-0.25, -0.2) is 0 Å². The predicted octanol–water partition coefficient (Wildman–Crippen LogP) is 4.69. The predicted molar refractivity (Wildman–Crippen MR) is 80.6 cm³/mol. The number of thiol groups is 1. The summed E-state index contributed by atoms with van der Waals surface area (Å²) in [4.78, 5) is 0. The molecule has 17 heavy (non-hydrogen) atoms. The van der Waals surface area contributed by atoms with Gasteiger partial charge in [-0.05, 0) is 30.4 Å². The first-order valence-corrected chi connectivity index (χ1v) is 6.26. The lowest BCUT2D eigenvalue weighted by molar-refractivity contribution is 0.644. The molecule has 0 unspecified atom stereocenters. The summed E-state index contributed by atoms with van der Waals surface area (Å²) in [7, 11) is 0. The van der Waals surface area contributed by atoms with E-state index in [-0.39, 0.29) is 4.75 Å². The molecule has 0 aliphatic rings. The second-order valence-corrected chi connectivity index (χ2v) is 5.02. The molecule has 0 radical (unpaired) electrons. The molecule has 0 aliphatic carbocycles. The molecule has 90 valence electrons. The van der Waals surface area contributed by atoms with Gasteiger partial charge in [0.25, 0.3) is 0 Å². The van der Waals surface area contributed by atoms with Gasteiger partial charge in [0.1, 0.15) is 0 Å². The molecule has 0 amide bonds. The van der Waals surface area contributed by atoms with Crippen LogP contribution in [0.4, 0.5) is 0 Å². The van der Waals surface area contributed by atoms with E-state index in [1.54, 1.807) is 0 Å². The van der Waals surface area contributed by atoms with Gasteiger partial charge in [-0.3, -0.25) is 0 Å². The second-order valence-electron chi connectivity index (χ2n) is 4.17. The Morgan fingerprint density at radius 2 is 1.59 bits per heavy atom. The molecule has 0 aliphatic heterocycles. The molecular weight excluding hydrogens is 224 g/mol. The van der Waals surface area contributed by atoms with Crippen molar-refractivity contribution < 1.29 is 0 Å². The first-order valence-electron chi connectivity index (χ1n) is 5.81. The molecule has 0 atom stereocenters. The lowest BCUT2D eigenvalue weighted by atomic mass is 9.87. The lowest BCUT2D eigenvalue weighted by Crippen LogP contribution is -2.19. The van der Waals surface area contributed by atoms with Gasteiger partial charge < -0.3 is 0 Å². The van der Waals surface area contributed by atoms with E-state index in [4.69, 9.17) is 12.6 Å². The molecule has 1 heteroatoms. The first-order chi connectivity index (χ1) is 8.18. The highest BCUT2D eigenvalue weighted by molar-refractivity contribution is 7.81. The Bertz CT molecular complexity index is 394. The van der Waals surface area contributed by atoms with Gasteiger partial charge in [0.2, 0.25) is 0 Å². The van der Waals surface area contributed by atoms with Crippen LogP contribution in [0, 0.1) is 0 Å². The Kier molecular flexibility index (Phi) is 5.30. The van der Waals surface area contributed by atoms with Gasteiger partial charge in [0.05, 0.1) is 0 Å². The molecule has 1 aromatic rings. The second kappa shape index (κ2) is 6.51. The summed E-state index contributed by atoms with van der Waals surface area (Å²) in [5.74, 6) is 0. The van der Waals surface area contributed by atoms with Crippen molar-refractivity contribution in [3.05, 3.63) is 73.4 Å². The van der Waals surface area contributed by atoms with Crippen LogP contribution in [-0.4, -0.2) is 0 Å². The summed E-state index contributed by atoms with van der Waals surface area (Å²) in [6.45, 7) is 11.5. The maximum Gasteiger partial charge on any atom is 0.0449 e. The third-order valence-corrected chi connectivity index (χ3v) is 3.45. The summed E-state index contributed by atoms with van der Waals surface area (Å²) in [6.07, 6.45) is 8.29. The van der Waals surface area contributed by atoms with E-state index < -0.39 is 0 Å². The summed E-state index contributed by atoms with van der Waals surface area (Å²) in [5, 5.41) is 0. The van der Waals surface area contributed by atoms with Crippen molar-refractivity contribution in [3.8, 4) is 0 Å². The standard InChI is InChI=1S/C16H20S/c1-4-9-14-10-7-8-11-15(14)16(17,12-5-2)13-6-3/h4-8,10-11,17H,1-3,9,12-13H2. The third-order valence-electron chi connectivity index (χ3n) is 2.85. The zero-order valence-electron chi connectivity index (χ0n) is 10.2. The zero-order chi connectivity index (χ0) is 12.7. The molecule has 0 fully saturated rings. The van der Waals surface area contributed by atoms with Gasteiger partial charge in [0.15, 0.2) is 0 Å². The molecule has 0 saturated heterocycles. The monoisotopic (exact) mass is 244 g/mol. The van der Waals surface area contributed by atoms with Crippen molar-refractivity contribution >= 4 is 12.6 Å².